The van der Waals surface area contributed by atoms with Crippen molar-refractivity contribution in [1.82, 2.24) is 4.57 Å². The van der Waals surface area contributed by atoms with E-state index >= 15 is 0 Å². The zero-order valence-electron chi connectivity index (χ0n) is 41.1. The summed E-state index contributed by atoms with van der Waals surface area (Å²) in [6.07, 6.45) is 3.90. The van der Waals surface area contributed by atoms with Crippen molar-refractivity contribution < 1.29 is 43.7 Å². The van der Waals surface area contributed by atoms with Crippen molar-refractivity contribution in [2.24, 2.45) is 5.41 Å². The lowest BCUT2D eigenvalue weighted by atomic mass is 9.90. The van der Waals surface area contributed by atoms with E-state index in [0.29, 0.717) is 61.0 Å². The summed E-state index contributed by atoms with van der Waals surface area (Å²) < 4.78 is 53.3. The van der Waals surface area contributed by atoms with Gasteiger partial charge in [-0.2, -0.15) is 0 Å². The van der Waals surface area contributed by atoms with Crippen molar-refractivity contribution >= 4 is 43.9 Å². The van der Waals surface area contributed by atoms with Crippen LogP contribution >= 0.6 is 15.9 Å². The molecule has 1 heterocycles. The first-order valence-corrected chi connectivity index (χ1v) is 24.3. The maximum atomic E-state index is 14.4. The number of anilines is 2. The number of nitrogens with one attached hydrogen (secondary N) is 1. The molecule has 0 fully saturated rings. The molecule has 0 amide bonds. The van der Waals surface area contributed by atoms with E-state index in [-0.39, 0.29) is 50.6 Å². The number of aliphatic hydroxyl groups is 2. The van der Waals surface area contributed by atoms with Gasteiger partial charge in [-0.05, 0) is 64.2 Å². The van der Waals surface area contributed by atoms with Crippen LogP contribution in [0.15, 0.2) is 156 Å². The van der Waals surface area contributed by atoms with Gasteiger partial charge in [0.25, 0.3) is 0 Å². The maximum absolute atomic E-state index is 14.4. The van der Waals surface area contributed by atoms with Crippen LogP contribution in [-0.2, 0) is 57.3 Å². The number of rotatable bonds is 22. The molecule has 0 radical (unpaired) electrons. The summed E-state index contributed by atoms with van der Waals surface area (Å²) in [5.74, 6) is 1.84. The van der Waals surface area contributed by atoms with Crippen molar-refractivity contribution in [3.63, 3.8) is 0 Å². The summed E-state index contributed by atoms with van der Waals surface area (Å²) in [7, 11) is 0. The van der Waals surface area contributed by atoms with Crippen LogP contribution in [0, 0.1) is 29.4 Å². The van der Waals surface area contributed by atoms with Gasteiger partial charge in [0.05, 0.1) is 88.5 Å². The minimum atomic E-state index is -0.769. The minimum absolute atomic E-state index is 0. The van der Waals surface area contributed by atoms with E-state index in [1.54, 1.807) is 12.1 Å². The fraction of sp³-hybridized carbons (Fsp3) is 0.322. The summed E-state index contributed by atoms with van der Waals surface area (Å²) >= 11 is 3.33. The molecule has 7 aromatic rings. The third-order valence-corrected chi connectivity index (χ3v) is 11.8. The van der Waals surface area contributed by atoms with E-state index in [1.165, 1.54) is 17.7 Å². The Morgan fingerprint density at radius 2 is 1.12 bits per heavy atom. The number of aromatic nitrogens is 1. The number of nitrogens with two attached hydrogens (primary N) is 1. The van der Waals surface area contributed by atoms with Crippen LogP contribution in [0.2, 0.25) is 0 Å². The largest absolute Gasteiger partial charge is 0.396 e. The fourth-order valence-electron chi connectivity index (χ4n) is 7.22. The van der Waals surface area contributed by atoms with Gasteiger partial charge in [-0.25, -0.2) is 8.78 Å². The van der Waals surface area contributed by atoms with Gasteiger partial charge in [0.2, 0.25) is 0 Å². The average molecular weight is 1050 g/mol. The van der Waals surface area contributed by atoms with Crippen molar-refractivity contribution in [1.29, 1.82) is 0 Å². The lowest BCUT2D eigenvalue weighted by Gasteiger charge is -2.28. The smallest absolute Gasteiger partial charge is 0.185 e. The van der Waals surface area contributed by atoms with Crippen molar-refractivity contribution in [2.75, 3.05) is 44.0 Å². The zero-order chi connectivity index (χ0) is 51.2. The number of nitrogens with zero attached hydrogens (tertiary/aromatic N) is 1. The molecular formula is C59H72BrF2N4O6+. The van der Waals surface area contributed by atoms with Crippen molar-refractivity contribution in [2.45, 2.75) is 85.7 Å². The van der Waals surface area contributed by atoms with Gasteiger partial charge in [-0.3, -0.25) is 0 Å². The van der Waals surface area contributed by atoms with Gasteiger partial charge in [0.1, 0.15) is 5.82 Å². The Hall–Kier alpha value is -5.92. The Morgan fingerprint density at radius 1 is 0.667 bits per heavy atom. The Bertz CT molecular complexity index is 2700. The highest BCUT2D eigenvalue weighted by Crippen LogP contribution is 2.33. The van der Waals surface area contributed by atoms with Crippen LogP contribution in [0.4, 0.5) is 25.8 Å². The number of quaternary nitrogens is 1. The number of benzene rings is 6. The van der Waals surface area contributed by atoms with E-state index in [4.69, 9.17) is 31.1 Å². The molecule has 72 heavy (non-hydrogen) atoms. The van der Waals surface area contributed by atoms with Gasteiger partial charge in [-0.15, -0.1) is 6.42 Å². The topological polar surface area (TPSA) is 148 Å². The standard InChI is InChI=1S/C29H33FN2O3.C16H18BrFN2O2.C13H16O.CH4/c1-29(2,20-35-18-22-11-7-4-8-12-22)28-14-23-13-26(31)25(30)15-27(23)32(28)16-24(33)19-34-17-21-9-5-3-6-10-21;17-13-6-15(19)14(18)7-16(13)20-8-12(21)10-22-9-11-4-2-1-3-5-11;1-4-13(2,3)11-14-10-12-8-6-5-7-9-12;/h3-15,24,33H,16-20,31H2,1-2H3;1-7,12,20-21H,8-10,19H2;1,5-9H,10-11H2,2-3H3;1H4/p+1/t24-;12-;;/m11../s1. The number of hydrogen-bond donors (Lipinski definition) is 5. The molecule has 0 spiro atoms. The molecule has 0 aliphatic heterocycles. The first-order chi connectivity index (χ1) is 34.0. The molecule has 8 N–H and O–H groups in total. The predicted octanol–water partition coefficient (Wildman–Crippen LogP) is 11.4. The van der Waals surface area contributed by atoms with Crippen molar-refractivity contribution in [3.8, 4) is 12.3 Å². The van der Waals surface area contributed by atoms with E-state index in [9.17, 15) is 19.0 Å². The third kappa shape index (κ3) is 19.6. The summed E-state index contributed by atoms with van der Waals surface area (Å²) in [6.45, 7) is 12.1. The quantitative estimate of drug-likeness (QED) is 0.0333. The summed E-state index contributed by atoms with van der Waals surface area (Å²) in [6, 6.07) is 47.7. The third-order valence-electron chi connectivity index (χ3n) is 11.2. The highest BCUT2D eigenvalue weighted by Gasteiger charge is 2.28. The van der Waals surface area contributed by atoms with E-state index in [1.807, 2.05) is 146 Å². The predicted molar refractivity (Wildman–Crippen MR) is 290 cm³/mol. The van der Waals surface area contributed by atoms with Crippen LogP contribution < -0.4 is 16.8 Å². The van der Waals surface area contributed by atoms with Crippen LogP contribution in [0.1, 0.15) is 63.1 Å². The molecule has 384 valence electrons. The van der Waals surface area contributed by atoms with Gasteiger partial charge < -0.3 is 50.5 Å². The SMILES string of the molecule is C.C#CC(C)(C)COCc1ccccc1.CC(C)(COCc1ccccc1)c1cc2cc(N)c(F)cc2n1C[C@@H](O)COCc1ccccc1.[NH3+]c1cc(Br)c(NC[C@@H](O)COCc2ccccc2)cc1F. The van der Waals surface area contributed by atoms with Crippen LogP contribution in [0.3, 0.4) is 0 Å². The lowest BCUT2D eigenvalue weighted by molar-refractivity contribution is -0.258. The average Bonchev–Trinajstić information content (AvgIpc) is 3.70. The molecule has 7 rings (SSSR count). The first-order valence-electron chi connectivity index (χ1n) is 23.5. The van der Waals surface area contributed by atoms with E-state index in [0.717, 1.165) is 27.8 Å². The Labute approximate surface area is 433 Å². The molecular weight excluding hydrogens is 979 g/mol. The minimum Gasteiger partial charge on any atom is -0.396 e. The van der Waals surface area contributed by atoms with Gasteiger partial charge in [0, 0.05) is 51.1 Å². The summed E-state index contributed by atoms with van der Waals surface area (Å²) in [5, 5.41) is 24.5. The van der Waals surface area contributed by atoms with Crippen LogP contribution in [0.25, 0.3) is 10.9 Å². The first kappa shape index (κ1) is 58.6. The van der Waals surface area contributed by atoms with Gasteiger partial charge in [-0.1, -0.05) is 149 Å². The van der Waals surface area contributed by atoms with Gasteiger partial charge in [0.15, 0.2) is 11.5 Å². The number of ether oxygens (including phenoxy) is 4. The lowest BCUT2D eigenvalue weighted by Crippen LogP contribution is -2.41. The molecule has 0 unspecified atom stereocenters. The zero-order valence-corrected chi connectivity index (χ0v) is 42.7. The number of fused-ring (bicyclic) bond motifs is 1. The number of hydrogen-bond acceptors (Lipinski definition) is 8. The maximum Gasteiger partial charge on any atom is 0.185 e. The molecule has 0 aliphatic carbocycles. The highest BCUT2D eigenvalue weighted by molar-refractivity contribution is 9.10. The second-order valence-electron chi connectivity index (χ2n) is 18.6. The van der Waals surface area contributed by atoms with Crippen LogP contribution in [0.5, 0.6) is 0 Å². The normalized spacial score (nSPS) is 12.1. The Kier molecular flexibility index (Phi) is 24.1. The van der Waals surface area contributed by atoms with Crippen molar-refractivity contribution in [3.05, 3.63) is 196 Å². The molecule has 0 saturated carbocycles. The van der Waals surface area contributed by atoms with Gasteiger partial charge >= 0.3 is 0 Å². The number of terminal acetylenes is 1. The molecule has 1 aromatic heterocycles. The molecule has 6 aromatic carbocycles. The molecule has 13 heteroatoms. The van der Waals surface area contributed by atoms with E-state index < -0.39 is 23.4 Å². The second-order valence-corrected chi connectivity index (χ2v) is 19.4. The second kappa shape index (κ2) is 29.6. The summed E-state index contributed by atoms with van der Waals surface area (Å²) in [4.78, 5) is 0. The molecule has 0 aliphatic rings. The summed E-state index contributed by atoms with van der Waals surface area (Å²) in [5.41, 5.74) is 15.9. The van der Waals surface area contributed by atoms with E-state index in [2.05, 4.69) is 46.7 Å². The molecule has 10 nitrogen and oxygen atoms in total. The number of nitrogen functional groups attached to an aromatic ring is 1. The highest BCUT2D eigenvalue weighted by atomic mass is 79.9. The fourth-order valence-corrected chi connectivity index (χ4v) is 7.75. The molecule has 2 atom stereocenters. The molecule has 0 saturated heterocycles. The number of halogens is 3. The van der Waals surface area contributed by atoms with Crippen LogP contribution in [-0.4, -0.2) is 60.0 Å². The Morgan fingerprint density at radius 3 is 1.61 bits per heavy atom. The Balaban J connectivity index is 0.000000259. The number of aliphatic hydroxyl groups excluding tert-OH is 2. The monoisotopic (exact) mass is 1050 g/mol. The molecule has 0 bridgehead atoms.